The molecule has 0 radical (unpaired) electrons. The number of carbonyl (C=O) groups is 1. The molecule has 2 aromatic carbocycles. The Morgan fingerprint density at radius 1 is 1.03 bits per heavy atom. The first-order valence-corrected chi connectivity index (χ1v) is 13.5. The Kier molecular flexibility index (Phi) is 7.29. The van der Waals surface area contributed by atoms with Crippen LogP contribution in [0.1, 0.15) is 12.8 Å². The van der Waals surface area contributed by atoms with Gasteiger partial charge in [0, 0.05) is 49.3 Å². The lowest BCUT2D eigenvalue weighted by Gasteiger charge is -2.31. The summed E-state index contributed by atoms with van der Waals surface area (Å²) in [6.45, 7) is 2.39. The molecule has 0 spiro atoms. The average molecular weight is 498 g/mol. The number of nitrogens with zero attached hydrogens (tertiary/aromatic N) is 2. The van der Waals surface area contributed by atoms with E-state index in [4.69, 9.17) is 11.6 Å². The van der Waals surface area contributed by atoms with Crippen LogP contribution in [0.25, 0.3) is 0 Å². The molecule has 172 valence electrons. The molecule has 10 heteroatoms. The van der Waals surface area contributed by atoms with Gasteiger partial charge in [0.2, 0.25) is 15.9 Å². The fourth-order valence-electron chi connectivity index (χ4n) is 4.00. The number of amides is 1. The summed E-state index contributed by atoms with van der Waals surface area (Å²) in [5, 5.41) is 3.52. The molecule has 0 aliphatic carbocycles. The Bertz CT molecular complexity index is 1070. The number of benzene rings is 2. The van der Waals surface area contributed by atoms with Gasteiger partial charge >= 0.3 is 0 Å². The van der Waals surface area contributed by atoms with Crippen molar-refractivity contribution in [2.24, 2.45) is 5.92 Å². The molecule has 1 N–H and O–H groups in total. The number of hydrogen-bond donors (Lipinski definition) is 1. The van der Waals surface area contributed by atoms with E-state index in [0.29, 0.717) is 23.6 Å². The van der Waals surface area contributed by atoms with Gasteiger partial charge in [-0.3, -0.25) is 4.79 Å². The predicted octanol–water partition coefficient (Wildman–Crippen LogP) is 4.07. The molecule has 6 nitrogen and oxygen atoms in total. The summed E-state index contributed by atoms with van der Waals surface area (Å²) in [4.78, 5) is 15.1. The van der Waals surface area contributed by atoms with Gasteiger partial charge in [-0.15, -0.1) is 0 Å². The predicted molar refractivity (Wildman–Crippen MR) is 128 cm³/mol. The summed E-state index contributed by atoms with van der Waals surface area (Å²) in [5.74, 6) is 1.24. The number of carbonyl (C=O) groups excluding carboxylic acids is 1. The van der Waals surface area contributed by atoms with Gasteiger partial charge in [0.15, 0.2) is 0 Å². The van der Waals surface area contributed by atoms with E-state index in [0.717, 1.165) is 42.4 Å². The third-order valence-corrected chi connectivity index (χ3v) is 9.00. The van der Waals surface area contributed by atoms with Crippen LogP contribution in [0.3, 0.4) is 0 Å². The summed E-state index contributed by atoms with van der Waals surface area (Å²) in [5.41, 5.74) is 1.61. The Hall–Kier alpha value is -1.81. The number of halogens is 2. The van der Waals surface area contributed by atoms with Crippen molar-refractivity contribution in [2.75, 3.05) is 47.9 Å². The summed E-state index contributed by atoms with van der Waals surface area (Å²) in [7, 11) is -3.70. The maximum atomic E-state index is 13.1. The summed E-state index contributed by atoms with van der Waals surface area (Å²) in [6, 6.07) is 10.4. The topological polar surface area (TPSA) is 69.7 Å². The van der Waals surface area contributed by atoms with Crippen molar-refractivity contribution in [2.45, 2.75) is 17.7 Å². The van der Waals surface area contributed by atoms with Gasteiger partial charge in [0.25, 0.3) is 0 Å². The van der Waals surface area contributed by atoms with Crippen LogP contribution in [0, 0.1) is 11.7 Å². The van der Waals surface area contributed by atoms with Gasteiger partial charge in [-0.1, -0.05) is 11.6 Å². The van der Waals surface area contributed by atoms with Crippen molar-refractivity contribution in [3.63, 3.8) is 0 Å². The van der Waals surface area contributed by atoms with Crippen LogP contribution in [0.5, 0.6) is 0 Å². The molecule has 1 amide bonds. The first-order valence-electron chi connectivity index (χ1n) is 10.5. The molecule has 4 rings (SSSR count). The maximum absolute atomic E-state index is 13.1. The van der Waals surface area contributed by atoms with Crippen LogP contribution in [-0.2, 0) is 14.8 Å². The van der Waals surface area contributed by atoms with Gasteiger partial charge in [-0.25, -0.2) is 12.8 Å². The van der Waals surface area contributed by atoms with E-state index in [1.165, 1.54) is 16.4 Å². The minimum absolute atomic E-state index is 0.0591. The van der Waals surface area contributed by atoms with E-state index in [9.17, 15) is 17.6 Å². The molecule has 0 aromatic heterocycles. The molecular formula is C22H25ClFN3O3S2. The standard InChI is InChI=1S/C22H25ClFN3O3S2/c23-20-15-18(3-6-21(20)26-11-13-31-14-12-26)25-22(28)16-7-9-27(10-8-16)32(29,30)19-4-1-17(24)2-5-19/h1-6,15-16H,7-14H2,(H,25,28). The fourth-order valence-corrected chi connectivity index (χ4v) is 6.68. The molecule has 0 unspecified atom stereocenters. The molecule has 32 heavy (non-hydrogen) atoms. The normalized spacial score (nSPS) is 18.5. The van der Waals surface area contributed by atoms with Crippen LogP contribution in [0.4, 0.5) is 15.8 Å². The first-order chi connectivity index (χ1) is 15.3. The molecule has 2 saturated heterocycles. The zero-order chi connectivity index (χ0) is 22.7. The molecule has 0 atom stereocenters. The lowest BCUT2D eigenvalue weighted by molar-refractivity contribution is -0.120. The third kappa shape index (κ3) is 5.22. The van der Waals surface area contributed by atoms with Crippen molar-refractivity contribution in [3.05, 3.63) is 53.3 Å². The highest BCUT2D eigenvalue weighted by Gasteiger charge is 2.32. The van der Waals surface area contributed by atoms with Crippen LogP contribution < -0.4 is 10.2 Å². The zero-order valence-corrected chi connectivity index (χ0v) is 19.9. The molecule has 2 fully saturated rings. The van der Waals surface area contributed by atoms with E-state index in [-0.39, 0.29) is 29.8 Å². The molecule has 2 aliphatic rings. The number of piperidine rings is 1. The van der Waals surface area contributed by atoms with Crippen molar-refractivity contribution < 1.29 is 17.6 Å². The largest absolute Gasteiger partial charge is 0.369 e. The lowest BCUT2D eigenvalue weighted by Crippen LogP contribution is -2.41. The fraction of sp³-hybridized carbons (Fsp3) is 0.409. The van der Waals surface area contributed by atoms with E-state index in [2.05, 4.69) is 10.2 Å². The summed E-state index contributed by atoms with van der Waals surface area (Å²) < 4.78 is 40.0. The first kappa shape index (κ1) is 23.4. The van der Waals surface area contributed by atoms with Crippen LogP contribution in [0.2, 0.25) is 5.02 Å². The molecule has 0 bridgehead atoms. The van der Waals surface area contributed by atoms with Gasteiger partial charge in [0.1, 0.15) is 5.82 Å². The Balaban J connectivity index is 1.34. The van der Waals surface area contributed by atoms with E-state index in [1.54, 1.807) is 6.07 Å². The van der Waals surface area contributed by atoms with E-state index >= 15 is 0 Å². The molecule has 2 aromatic rings. The van der Waals surface area contributed by atoms with E-state index in [1.807, 2.05) is 23.9 Å². The number of rotatable bonds is 5. The highest BCUT2D eigenvalue weighted by molar-refractivity contribution is 7.99. The monoisotopic (exact) mass is 497 g/mol. The maximum Gasteiger partial charge on any atom is 0.243 e. The highest BCUT2D eigenvalue weighted by Crippen LogP contribution is 2.31. The Morgan fingerprint density at radius 2 is 1.69 bits per heavy atom. The molecule has 2 aliphatic heterocycles. The van der Waals surface area contributed by atoms with Gasteiger partial charge < -0.3 is 10.2 Å². The minimum Gasteiger partial charge on any atom is -0.369 e. The number of hydrogen-bond acceptors (Lipinski definition) is 5. The molecule has 0 saturated carbocycles. The van der Waals surface area contributed by atoms with Gasteiger partial charge in [-0.05, 0) is 55.3 Å². The summed E-state index contributed by atoms with van der Waals surface area (Å²) >= 11 is 8.40. The third-order valence-electron chi connectivity index (χ3n) is 5.84. The van der Waals surface area contributed by atoms with Crippen LogP contribution in [0.15, 0.2) is 47.4 Å². The highest BCUT2D eigenvalue weighted by atomic mass is 35.5. The average Bonchev–Trinajstić information content (AvgIpc) is 2.80. The van der Waals surface area contributed by atoms with Crippen LogP contribution in [-0.4, -0.2) is 56.3 Å². The van der Waals surface area contributed by atoms with Crippen molar-refractivity contribution >= 4 is 50.7 Å². The number of sulfonamides is 1. The van der Waals surface area contributed by atoms with Crippen molar-refractivity contribution in [3.8, 4) is 0 Å². The van der Waals surface area contributed by atoms with Crippen LogP contribution >= 0.6 is 23.4 Å². The van der Waals surface area contributed by atoms with Gasteiger partial charge in [0.05, 0.1) is 15.6 Å². The van der Waals surface area contributed by atoms with Crippen molar-refractivity contribution in [1.29, 1.82) is 0 Å². The van der Waals surface area contributed by atoms with Crippen molar-refractivity contribution in [1.82, 2.24) is 4.31 Å². The molecule has 2 heterocycles. The number of thioether (sulfide) groups is 1. The smallest absolute Gasteiger partial charge is 0.243 e. The van der Waals surface area contributed by atoms with E-state index < -0.39 is 15.8 Å². The number of anilines is 2. The second-order valence-corrected chi connectivity index (χ2v) is 11.5. The second-order valence-electron chi connectivity index (χ2n) is 7.89. The quantitative estimate of drug-likeness (QED) is 0.674. The molecular weight excluding hydrogens is 473 g/mol. The number of nitrogens with one attached hydrogen (secondary N) is 1. The second kappa shape index (κ2) is 9.99. The lowest BCUT2D eigenvalue weighted by atomic mass is 9.97. The Labute approximate surface area is 197 Å². The Morgan fingerprint density at radius 3 is 2.31 bits per heavy atom. The summed E-state index contributed by atoms with van der Waals surface area (Å²) in [6.07, 6.45) is 0.840. The van der Waals surface area contributed by atoms with Gasteiger partial charge in [-0.2, -0.15) is 16.1 Å². The SMILES string of the molecule is O=C(Nc1ccc(N2CCSCC2)c(Cl)c1)C1CCN(S(=O)(=O)c2ccc(F)cc2)CC1. The minimum atomic E-state index is -3.70. The zero-order valence-electron chi connectivity index (χ0n) is 17.5.